The lowest BCUT2D eigenvalue weighted by Gasteiger charge is -2.15. The Labute approximate surface area is 119 Å². The molecular formula is C15H20ClN3. The van der Waals surface area contributed by atoms with Crippen molar-refractivity contribution in [1.82, 2.24) is 9.78 Å². The van der Waals surface area contributed by atoms with Crippen molar-refractivity contribution in [1.29, 1.82) is 0 Å². The van der Waals surface area contributed by atoms with Crippen LogP contribution in [0.25, 0.3) is 0 Å². The molecule has 1 aromatic carbocycles. The Morgan fingerprint density at radius 1 is 1.37 bits per heavy atom. The fourth-order valence-electron chi connectivity index (χ4n) is 2.28. The van der Waals surface area contributed by atoms with Crippen LogP contribution in [0.15, 0.2) is 24.3 Å². The van der Waals surface area contributed by atoms with Gasteiger partial charge in [0.15, 0.2) is 0 Å². The first kappa shape index (κ1) is 14.1. The average Bonchev–Trinajstić information content (AvgIpc) is 2.73. The van der Waals surface area contributed by atoms with Crippen LogP contribution in [-0.2, 0) is 19.9 Å². The molecule has 3 nitrogen and oxygen atoms in total. The highest BCUT2D eigenvalue weighted by molar-refractivity contribution is 6.30. The summed E-state index contributed by atoms with van der Waals surface area (Å²) in [6.07, 6.45) is 1.71. The van der Waals surface area contributed by atoms with E-state index in [0.717, 1.165) is 34.8 Å². The molecule has 0 saturated carbocycles. The van der Waals surface area contributed by atoms with Crippen molar-refractivity contribution in [3.63, 3.8) is 0 Å². The quantitative estimate of drug-likeness (QED) is 0.933. The molecule has 0 amide bonds. The van der Waals surface area contributed by atoms with Crippen LogP contribution in [0.5, 0.6) is 0 Å². The predicted octanol–water partition coefficient (Wildman–Crippen LogP) is 3.19. The Morgan fingerprint density at radius 2 is 2.11 bits per heavy atom. The SMILES string of the molecule is CCc1cc(CC(N)c2cc(Cl)ccc2C)n(C)n1. The molecule has 0 radical (unpaired) electrons. The molecule has 1 atom stereocenters. The van der Waals surface area contributed by atoms with Gasteiger partial charge in [0.1, 0.15) is 0 Å². The number of nitrogens with zero attached hydrogens (tertiary/aromatic N) is 2. The molecule has 0 bridgehead atoms. The number of benzene rings is 1. The number of aromatic nitrogens is 2. The van der Waals surface area contributed by atoms with Gasteiger partial charge in [-0.3, -0.25) is 4.68 Å². The van der Waals surface area contributed by atoms with Gasteiger partial charge in [-0.25, -0.2) is 0 Å². The van der Waals surface area contributed by atoms with Crippen molar-refractivity contribution in [3.8, 4) is 0 Å². The van der Waals surface area contributed by atoms with Crippen LogP contribution in [0.1, 0.15) is 35.5 Å². The Bertz CT molecular complexity index is 575. The van der Waals surface area contributed by atoms with Crippen molar-refractivity contribution in [2.45, 2.75) is 32.7 Å². The normalized spacial score (nSPS) is 12.7. The summed E-state index contributed by atoms with van der Waals surface area (Å²) < 4.78 is 1.92. The van der Waals surface area contributed by atoms with Crippen molar-refractivity contribution < 1.29 is 0 Å². The Kier molecular flexibility index (Phi) is 4.27. The van der Waals surface area contributed by atoms with Crippen LogP contribution in [0, 0.1) is 6.92 Å². The van der Waals surface area contributed by atoms with E-state index in [1.807, 2.05) is 29.9 Å². The molecule has 19 heavy (non-hydrogen) atoms. The maximum atomic E-state index is 6.32. The minimum Gasteiger partial charge on any atom is -0.324 e. The van der Waals surface area contributed by atoms with Gasteiger partial charge in [-0.1, -0.05) is 24.6 Å². The van der Waals surface area contributed by atoms with E-state index in [1.165, 1.54) is 5.56 Å². The smallest absolute Gasteiger partial charge is 0.0624 e. The van der Waals surface area contributed by atoms with E-state index in [4.69, 9.17) is 17.3 Å². The van der Waals surface area contributed by atoms with Crippen molar-refractivity contribution in [3.05, 3.63) is 51.8 Å². The van der Waals surface area contributed by atoms with Gasteiger partial charge in [-0.15, -0.1) is 0 Å². The number of halogens is 1. The second-order valence-electron chi connectivity index (χ2n) is 4.92. The Morgan fingerprint density at radius 3 is 2.74 bits per heavy atom. The number of hydrogen-bond acceptors (Lipinski definition) is 2. The van der Waals surface area contributed by atoms with Crippen LogP contribution in [0.4, 0.5) is 0 Å². The van der Waals surface area contributed by atoms with E-state index in [0.29, 0.717) is 0 Å². The van der Waals surface area contributed by atoms with Crippen molar-refractivity contribution >= 4 is 11.6 Å². The standard InChI is InChI=1S/C15H20ClN3/c1-4-12-8-13(19(3)18-12)9-15(17)14-7-11(16)6-5-10(14)2/h5-8,15H,4,9,17H2,1-3H3. The minimum absolute atomic E-state index is 0.0567. The summed E-state index contributed by atoms with van der Waals surface area (Å²) in [7, 11) is 1.96. The largest absolute Gasteiger partial charge is 0.324 e. The Hall–Kier alpha value is -1.32. The summed E-state index contributed by atoms with van der Waals surface area (Å²) >= 11 is 6.05. The summed E-state index contributed by atoms with van der Waals surface area (Å²) in [6.45, 7) is 4.17. The van der Waals surface area contributed by atoms with Crippen LogP contribution < -0.4 is 5.73 Å². The molecular weight excluding hydrogens is 258 g/mol. The third kappa shape index (κ3) is 3.17. The van der Waals surface area contributed by atoms with E-state index in [9.17, 15) is 0 Å². The highest BCUT2D eigenvalue weighted by Crippen LogP contribution is 2.23. The summed E-state index contributed by atoms with van der Waals surface area (Å²) in [5.41, 5.74) is 10.9. The van der Waals surface area contributed by atoms with E-state index in [1.54, 1.807) is 0 Å². The van der Waals surface area contributed by atoms with Gasteiger partial charge in [0.2, 0.25) is 0 Å². The second kappa shape index (κ2) is 5.76. The monoisotopic (exact) mass is 277 g/mol. The van der Waals surface area contributed by atoms with Crippen LogP contribution in [0.2, 0.25) is 5.02 Å². The van der Waals surface area contributed by atoms with E-state index in [-0.39, 0.29) is 6.04 Å². The summed E-state index contributed by atoms with van der Waals surface area (Å²) in [4.78, 5) is 0. The molecule has 4 heteroatoms. The van der Waals surface area contributed by atoms with Crippen molar-refractivity contribution in [2.24, 2.45) is 12.8 Å². The minimum atomic E-state index is -0.0567. The molecule has 2 N–H and O–H groups in total. The fourth-order valence-corrected chi connectivity index (χ4v) is 2.46. The zero-order chi connectivity index (χ0) is 14.0. The molecule has 1 heterocycles. The molecule has 0 aliphatic heterocycles. The molecule has 1 unspecified atom stereocenters. The average molecular weight is 278 g/mol. The molecule has 0 spiro atoms. The molecule has 2 rings (SSSR count). The van der Waals surface area contributed by atoms with Gasteiger partial charge in [0.25, 0.3) is 0 Å². The van der Waals surface area contributed by atoms with E-state index in [2.05, 4.69) is 25.0 Å². The first-order valence-corrected chi connectivity index (χ1v) is 6.92. The van der Waals surface area contributed by atoms with Gasteiger partial charge >= 0.3 is 0 Å². The maximum Gasteiger partial charge on any atom is 0.0624 e. The zero-order valence-corrected chi connectivity index (χ0v) is 12.4. The van der Waals surface area contributed by atoms with Gasteiger partial charge in [0.05, 0.1) is 5.69 Å². The Balaban J connectivity index is 2.22. The molecule has 0 aliphatic rings. The van der Waals surface area contributed by atoms with Crippen LogP contribution >= 0.6 is 11.6 Å². The maximum absolute atomic E-state index is 6.32. The van der Waals surface area contributed by atoms with E-state index >= 15 is 0 Å². The fraction of sp³-hybridized carbons (Fsp3) is 0.400. The van der Waals surface area contributed by atoms with Gasteiger partial charge in [-0.2, -0.15) is 5.10 Å². The predicted molar refractivity (Wildman–Crippen MR) is 79.4 cm³/mol. The van der Waals surface area contributed by atoms with E-state index < -0.39 is 0 Å². The molecule has 2 aromatic rings. The number of aryl methyl sites for hydroxylation is 3. The third-order valence-corrected chi connectivity index (χ3v) is 3.69. The number of nitrogens with two attached hydrogens (primary N) is 1. The topological polar surface area (TPSA) is 43.8 Å². The highest BCUT2D eigenvalue weighted by Gasteiger charge is 2.13. The second-order valence-corrected chi connectivity index (χ2v) is 5.35. The highest BCUT2D eigenvalue weighted by atomic mass is 35.5. The van der Waals surface area contributed by atoms with Crippen LogP contribution in [-0.4, -0.2) is 9.78 Å². The van der Waals surface area contributed by atoms with Gasteiger partial charge in [0, 0.05) is 30.2 Å². The summed E-state index contributed by atoms with van der Waals surface area (Å²) in [5.74, 6) is 0. The van der Waals surface area contributed by atoms with Gasteiger partial charge in [-0.05, 0) is 42.7 Å². The lowest BCUT2D eigenvalue weighted by Crippen LogP contribution is -2.16. The van der Waals surface area contributed by atoms with Crippen molar-refractivity contribution in [2.75, 3.05) is 0 Å². The zero-order valence-electron chi connectivity index (χ0n) is 11.7. The first-order valence-electron chi connectivity index (χ1n) is 6.54. The molecule has 1 aromatic heterocycles. The lowest BCUT2D eigenvalue weighted by atomic mass is 9.98. The third-order valence-electron chi connectivity index (χ3n) is 3.46. The van der Waals surface area contributed by atoms with Gasteiger partial charge < -0.3 is 5.73 Å². The molecule has 102 valence electrons. The molecule has 0 fully saturated rings. The number of rotatable bonds is 4. The number of hydrogen-bond donors (Lipinski definition) is 1. The summed E-state index contributed by atoms with van der Waals surface area (Å²) in [5, 5.41) is 5.18. The summed E-state index contributed by atoms with van der Waals surface area (Å²) in [6, 6.07) is 7.93. The molecule has 0 saturated heterocycles. The molecule has 0 aliphatic carbocycles. The lowest BCUT2D eigenvalue weighted by molar-refractivity contribution is 0.636. The first-order chi connectivity index (χ1) is 9.01. The van der Waals surface area contributed by atoms with Crippen LogP contribution in [0.3, 0.4) is 0 Å².